The predicted octanol–water partition coefficient (Wildman–Crippen LogP) is 2.39. The highest BCUT2D eigenvalue weighted by molar-refractivity contribution is 5.52. The highest BCUT2D eigenvalue weighted by atomic mass is 16.3. The second-order valence-corrected chi connectivity index (χ2v) is 10.5. The minimum Gasteiger partial charge on any atom is -0.392 e. The van der Waals surface area contributed by atoms with E-state index in [0.717, 1.165) is 50.6 Å². The van der Waals surface area contributed by atoms with Crippen LogP contribution in [0.4, 0.5) is 0 Å². The normalized spacial score (nSPS) is 56.0. The van der Waals surface area contributed by atoms with Crippen LogP contribution < -0.4 is 0 Å². The van der Waals surface area contributed by atoms with Gasteiger partial charge in [0.25, 0.3) is 0 Å². The summed E-state index contributed by atoms with van der Waals surface area (Å²) < 4.78 is 0. The number of hydrogen-bond donors (Lipinski definition) is 2. The number of likely N-dealkylation sites (tertiary alicyclic amines) is 1. The van der Waals surface area contributed by atoms with Gasteiger partial charge in [0, 0.05) is 18.5 Å². The Morgan fingerprint density at radius 2 is 2.00 bits per heavy atom. The Labute approximate surface area is 156 Å². The lowest BCUT2D eigenvalue weighted by molar-refractivity contribution is -0.275. The Kier molecular flexibility index (Phi) is 3.63. The van der Waals surface area contributed by atoms with E-state index in [9.17, 15) is 15.0 Å². The molecule has 0 radical (unpaired) electrons. The fourth-order valence-corrected chi connectivity index (χ4v) is 8.75. The van der Waals surface area contributed by atoms with Gasteiger partial charge < -0.3 is 15.0 Å². The molecule has 144 valence electrons. The minimum atomic E-state index is -0.556. The molecule has 0 aromatic carbocycles. The van der Waals surface area contributed by atoms with Gasteiger partial charge >= 0.3 is 0 Å². The van der Waals surface area contributed by atoms with Crippen molar-refractivity contribution in [3.8, 4) is 0 Å². The highest BCUT2D eigenvalue weighted by Crippen LogP contribution is 2.73. The van der Waals surface area contributed by atoms with Gasteiger partial charge in [-0.2, -0.15) is 0 Å². The van der Waals surface area contributed by atoms with Crippen molar-refractivity contribution in [3.05, 3.63) is 12.2 Å². The molecule has 5 saturated carbocycles. The molecule has 1 heterocycles. The van der Waals surface area contributed by atoms with Gasteiger partial charge in [-0.15, -0.1) is 0 Å². The predicted molar refractivity (Wildman–Crippen MR) is 99.4 cm³/mol. The summed E-state index contributed by atoms with van der Waals surface area (Å²) in [6, 6.07) is 0. The van der Waals surface area contributed by atoms with Crippen LogP contribution in [0, 0.1) is 34.0 Å². The summed E-state index contributed by atoms with van der Waals surface area (Å²) in [5.74, 6) is 1.28. The Hall–Kier alpha value is -0.710. The minimum absolute atomic E-state index is 0.147. The Bertz CT molecular complexity index is 649. The van der Waals surface area contributed by atoms with Crippen LogP contribution in [0.3, 0.4) is 0 Å². The SMILES string of the molecule is C=C1[C@H]2CC[C@@]3([C@H](O)C[C@@H]4[C@@]5(C)CCC[C@@]4(CN(CC=O)C5)[C@@H]3C2)[C@H]1O. The number of nitrogens with zero attached hydrogens (tertiary/aromatic N) is 1. The molecule has 26 heavy (non-hydrogen) atoms. The molecule has 6 fully saturated rings. The molecule has 8 atom stereocenters. The van der Waals surface area contributed by atoms with Crippen molar-refractivity contribution >= 4 is 6.29 Å². The maximum absolute atomic E-state index is 11.4. The zero-order valence-corrected chi connectivity index (χ0v) is 16.0. The molecule has 4 nitrogen and oxygen atoms in total. The van der Waals surface area contributed by atoms with Crippen molar-refractivity contribution in [2.75, 3.05) is 19.6 Å². The molecule has 0 unspecified atom stereocenters. The van der Waals surface area contributed by atoms with Gasteiger partial charge in [0.1, 0.15) is 6.29 Å². The Morgan fingerprint density at radius 3 is 2.77 bits per heavy atom. The van der Waals surface area contributed by atoms with Crippen molar-refractivity contribution in [2.45, 2.75) is 64.1 Å². The van der Waals surface area contributed by atoms with E-state index in [1.807, 2.05) is 0 Å². The van der Waals surface area contributed by atoms with Gasteiger partial charge in [0.2, 0.25) is 0 Å². The molecule has 2 N–H and O–H groups in total. The molecule has 1 spiro atoms. The van der Waals surface area contributed by atoms with Crippen molar-refractivity contribution < 1.29 is 15.0 Å². The topological polar surface area (TPSA) is 60.8 Å². The summed E-state index contributed by atoms with van der Waals surface area (Å²) in [4.78, 5) is 13.7. The number of fused-ring (bicyclic) bond motifs is 2. The van der Waals surface area contributed by atoms with E-state index in [2.05, 4.69) is 18.4 Å². The van der Waals surface area contributed by atoms with E-state index in [1.165, 1.54) is 19.3 Å². The first-order valence-electron chi connectivity index (χ1n) is 10.6. The molecule has 1 aliphatic heterocycles. The van der Waals surface area contributed by atoms with Gasteiger partial charge in [0.15, 0.2) is 0 Å². The van der Waals surface area contributed by atoms with E-state index in [0.29, 0.717) is 24.3 Å². The zero-order valence-electron chi connectivity index (χ0n) is 16.0. The van der Waals surface area contributed by atoms with Crippen LogP contribution in [0.5, 0.6) is 0 Å². The standard InChI is InChI=1S/C22H33NO3/c1-14-15-4-7-22(19(14)26)17(10-15)21-6-3-5-20(2,16(21)11-18(22)25)12-23(13-21)8-9-24/h9,15-19,25-26H,1,3-8,10-13H2,2H3/t15-,16+,17-,18+,19-,20-,21-,22+/m0/s1. The van der Waals surface area contributed by atoms with Gasteiger partial charge in [-0.1, -0.05) is 19.9 Å². The van der Waals surface area contributed by atoms with E-state index in [1.54, 1.807) is 0 Å². The first-order valence-corrected chi connectivity index (χ1v) is 10.6. The highest BCUT2D eigenvalue weighted by Gasteiger charge is 2.72. The lowest BCUT2D eigenvalue weighted by Gasteiger charge is -2.73. The average Bonchev–Trinajstić information content (AvgIpc) is 2.60. The molecule has 6 aliphatic rings. The van der Waals surface area contributed by atoms with E-state index < -0.39 is 17.6 Å². The number of hydrogen-bond acceptors (Lipinski definition) is 4. The van der Waals surface area contributed by atoms with Crippen LogP contribution in [0.1, 0.15) is 51.9 Å². The van der Waals surface area contributed by atoms with Crippen LogP contribution in [0.2, 0.25) is 0 Å². The number of piperidine rings is 1. The smallest absolute Gasteiger partial charge is 0.133 e. The molecule has 0 aromatic heterocycles. The first kappa shape index (κ1) is 17.4. The van der Waals surface area contributed by atoms with E-state index >= 15 is 0 Å². The second-order valence-electron chi connectivity index (χ2n) is 10.5. The lowest BCUT2D eigenvalue weighted by Crippen LogP contribution is -2.74. The van der Waals surface area contributed by atoms with Crippen LogP contribution in [0.15, 0.2) is 12.2 Å². The number of carbonyl (C=O) groups excluding carboxylic acids is 1. The van der Waals surface area contributed by atoms with E-state index in [4.69, 9.17) is 0 Å². The van der Waals surface area contributed by atoms with Crippen LogP contribution in [-0.4, -0.2) is 53.2 Å². The van der Waals surface area contributed by atoms with Crippen molar-refractivity contribution in [2.24, 2.45) is 34.0 Å². The van der Waals surface area contributed by atoms with Crippen molar-refractivity contribution in [3.63, 3.8) is 0 Å². The fourth-order valence-electron chi connectivity index (χ4n) is 8.75. The van der Waals surface area contributed by atoms with Crippen LogP contribution in [0.25, 0.3) is 0 Å². The average molecular weight is 360 g/mol. The summed E-state index contributed by atoms with van der Waals surface area (Å²) in [6.07, 6.45) is 7.59. The van der Waals surface area contributed by atoms with Crippen molar-refractivity contribution in [1.82, 2.24) is 4.90 Å². The Balaban J connectivity index is 1.64. The molecule has 0 aromatic rings. The third-order valence-corrected chi connectivity index (χ3v) is 9.61. The summed E-state index contributed by atoms with van der Waals surface area (Å²) in [7, 11) is 0. The molecule has 4 bridgehead atoms. The maximum atomic E-state index is 11.4. The van der Waals surface area contributed by atoms with Gasteiger partial charge in [-0.05, 0) is 72.7 Å². The maximum Gasteiger partial charge on any atom is 0.133 e. The summed E-state index contributed by atoms with van der Waals surface area (Å²) in [5.41, 5.74) is 0.903. The van der Waals surface area contributed by atoms with Crippen molar-refractivity contribution in [1.29, 1.82) is 0 Å². The van der Waals surface area contributed by atoms with Crippen LogP contribution >= 0.6 is 0 Å². The van der Waals surface area contributed by atoms with Gasteiger partial charge in [-0.3, -0.25) is 4.90 Å². The zero-order chi connectivity index (χ0) is 18.3. The third-order valence-electron chi connectivity index (χ3n) is 9.61. The molecule has 0 amide bonds. The van der Waals surface area contributed by atoms with Gasteiger partial charge in [-0.25, -0.2) is 0 Å². The summed E-state index contributed by atoms with van der Waals surface area (Å²) in [6.45, 7) is 9.08. The number of rotatable bonds is 2. The number of aldehydes is 1. The van der Waals surface area contributed by atoms with Crippen LogP contribution in [-0.2, 0) is 4.79 Å². The fraction of sp³-hybridized carbons (Fsp3) is 0.864. The molecule has 1 saturated heterocycles. The quantitative estimate of drug-likeness (QED) is 0.587. The largest absolute Gasteiger partial charge is 0.392 e. The molecular formula is C22H33NO3. The second kappa shape index (κ2) is 5.42. The summed E-state index contributed by atoms with van der Waals surface area (Å²) >= 11 is 0. The molecule has 6 rings (SSSR count). The first-order chi connectivity index (χ1) is 12.4. The van der Waals surface area contributed by atoms with E-state index in [-0.39, 0.29) is 10.8 Å². The number of aliphatic hydroxyl groups is 2. The summed E-state index contributed by atoms with van der Waals surface area (Å²) in [5, 5.41) is 22.6. The molecule has 5 aliphatic carbocycles. The Morgan fingerprint density at radius 1 is 1.19 bits per heavy atom. The van der Waals surface area contributed by atoms with Gasteiger partial charge in [0.05, 0.1) is 18.8 Å². The number of aliphatic hydroxyl groups excluding tert-OH is 2. The monoisotopic (exact) mass is 359 g/mol. The lowest BCUT2D eigenvalue weighted by atomic mass is 9.34. The third kappa shape index (κ3) is 1.89. The number of carbonyl (C=O) groups is 1. The molecule has 4 heteroatoms. The molecular weight excluding hydrogens is 326 g/mol.